The molecule has 2 aromatic carbocycles. The van der Waals surface area contributed by atoms with Crippen LogP contribution in [0.2, 0.25) is 0 Å². The number of nitrogens with zero attached hydrogens (tertiary/aromatic N) is 4. The SMILES string of the molecule is Cc1cc2c(C(N)=O)cccc2n1-c1nc(N)c2ccc(C(C)O)n2n1.Cc1ccccc1. The van der Waals surface area contributed by atoms with Crippen molar-refractivity contribution in [3.63, 3.8) is 0 Å². The molecule has 1 amide bonds. The summed E-state index contributed by atoms with van der Waals surface area (Å²) in [7, 11) is 0. The molecule has 5 N–H and O–H groups in total. The Labute approximate surface area is 191 Å². The van der Waals surface area contributed by atoms with Crippen LogP contribution >= 0.6 is 0 Å². The zero-order valence-electron chi connectivity index (χ0n) is 18.7. The van der Waals surface area contributed by atoms with E-state index in [1.54, 1.807) is 35.7 Å². The summed E-state index contributed by atoms with van der Waals surface area (Å²) in [5, 5.41) is 15.2. The summed E-state index contributed by atoms with van der Waals surface area (Å²) in [5.74, 6) is 0.155. The molecule has 1 atom stereocenters. The van der Waals surface area contributed by atoms with E-state index < -0.39 is 12.0 Å². The number of benzene rings is 2. The van der Waals surface area contributed by atoms with E-state index in [0.717, 1.165) is 16.6 Å². The molecule has 0 saturated heterocycles. The van der Waals surface area contributed by atoms with Crippen molar-refractivity contribution in [2.75, 3.05) is 5.73 Å². The van der Waals surface area contributed by atoms with Crippen LogP contribution in [0, 0.1) is 13.8 Å². The second-order valence-corrected chi connectivity index (χ2v) is 7.91. The summed E-state index contributed by atoms with van der Waals surface area (Å²) in [6.45, 7) is 5.63. The van der Waals surface area contributed by atoms with Crippen molar-refractivity contribution < 1.29 is 9.90 Å². The first kappa shape index (κ1) is 22.0. The standard InChI is InChI=1S/C18H18N6O2.C7H8/c1-9-8-12-11(17(20)26)4-3-5-14(12)23(9)18-21-16(19)15-7-6-13(10(2)25)24(15)22-18;1-7-5-3-2-4-6-7/h3-8,10,25H,1-2H3,(H2,20,26)(H2,19,21,22);2-6H,1H3. The van der Waals surface area contributed by atoms with Crippen molar-refractivity contribution in [3.8, 4) is 5.95 Å². The van der Waals surface area contributed by atoms with Gasteiger partial charge < -0.3 is 16.6 Å². The van der Waals surface area contributed by atoms with Crippen LogP contribution < -0.4 is 11.5 Å². The monoisotopic (exact) mass is 442 g/mol. The van der Waals surface area contributed by atoms with E-state index in [4.69, 9.17) is 11.5 Å². The summed E-state index contributed by atoms with van der Waals surface area (Å²) < 4.78 is 3.40. The smallest absolute Gasteiger partial charge is 0.254 e. The van der Waals surface area contributed by atoms with E-state index >= 15 is 0 Å². The van der Waals surface area contributed by atoms with Gasteiger partial charge in [-0.25, -0.2) is 4.52 Å². The number of nitrogens with two attached hydrogens (primary N) is 2. The van der Waals surface area contributed by atoms with Gasteiger partial charge in [-0.05, 0) is 51.1 Å². The quantitative estimate of drug-likeness (QED) is 0.393. The number of aromatic nitrogens is 4. The van der Waals surface area contributed by atoms with Crippen LogP contribution in [0.4, 0.5) is 5.82 Å². The highest BCUT2D eigenvalue weighted by atomic mass is 16.3. The molecule has 1 unspecified atom stereocenters. The number of rotatable bonds is 3. The molecule has 0 aliphatic carbocycles. The molecule has 8 nitrogen and oxygen atoms in total. The fraction of sp³-hybridized carbons (Fsp3) is 0.160. The first-order valence-corrected chi connectivity index (χ1v) is 10.5. The molecule has 33 heavy (non-hydrogen) atoms. The van der Waals surface area contributed by atoms with Gasteiger partial charge in [0.15, 0.2) is 5.82 Å². The van der Waals surface area contributed by atoms with Crippen LogP contribution in [0.1, 0.15) is 40.3 Å². The Kier molecular flexibility index (Phi) is 5.85. The van der Waals surface area contributed by atoms with Gasteiger partial charge >= 0.3 is 0 Å². The predicted octanol–water partition coefficient (Wildman–Crippen LogP) is 3.71. The molecule has 3 heterocycles. The Balaban J connectivity index is 0.000000318. The molecule has 5 aromatic rings. The van der Waals surface area contributed by atoms with Crippen molar-refractivity contribution in [1.82, 2.24) is 19.2 Å². The number of nitrogen functional groups attached to an aromatic ring is 1. The van der Waals surface area contributed by atoms with Gasteiger partial charge in [0.25, 0.3) is 5.95 Å². The number of carbonyl (C=O) groups excluding carboxylic acids is 1. The van der Waals surface area contributed by atoms with E-state index in [1.165, 1.54) is 5.56 Å². The average molecular weight is 443 g/mol. The highest BCUT2D eigenvalue weighted by molar-refractivity contribution is 6.06. The fourth-order valence-electron chi connectivity index (χ4n) is 3.82. The Bertz CT molecular complexity index is 1450. The fourth-order valence-corrected chi connectivity index (χ4v) is 3.82. The first-order valence-electron chi connectivity index (χ1n) is 10.5. The van der Waals surface area contributed by atoms with E-state index in [1.807, 2.05) is 41.8 Å². The van der Waals surface area contributed by atoms with E-state index in [0.29, 0.717) is 28.5 Å². The van der Waals surface area contributed by atoms with Gasteiger partial charge in [-0.2, -0.15) is 4.98 Å². The molecule has 0 saturated carbocycles. The van der Waals surface area contributed by atoms with Crippen LogP contribution in [-0.4, -0.2) is 30.2 Å². The first-order chi connectivity index (χ1) is 15.8. The number of aryl methyl sites for hydroxylation is 2. The number of hydrogen-bond donors (Lipinski definition) is 3. The molecular formula is C25H26N6O2. The van der Waals surface area contributed by atoms with Gasteiger partial charge in [0, 0.05) is 16.6 Å². The number of fused-ring (bicyclic) bond motifs is 2. The third-order valence-corrected chi connectivity index (χ3v) is 5.42. The molecule has 8 heteroatoms. The summed E-state index contributed by atoms with van der Waals surface area (Å²) >= 11 is 0. The average Bonchev–Trinajstić information content (AvgIpc) is 3.35. The minimum absolute atomic E-state index is 0.300. The number of aliphatic hydroxyl groups is 1. The third-order valence-electron chi connectivity index (χ3n) is 5.42. The second kappa shape index (κ2) is 8.76. The van der Waals surface area contributed by atoms with Crippen molar-refractivity contribution in [1.29, 1.82) is 0 Å². The minimum Gasteiger partial charge on any atom is -0.387 e. The molecule has 5 rings (SSSR count). The minimum atomic E-state index is -0.705. The highest BCUT2D eigenvalue weighted by Crippen LogP contribution is 2.27. The van der Waals surface area contributed by atoms with Gasteiger partial charge in [-0.3, -0.25) is 9.36 Å². The molecule has 0 spiro atoms. The molecule has 3 aromatic heterocycles. The summed E-state index contributed by atoms with van der Waals surface area (Å²) in [6.07, 6.45) is -0.705. The number of anilines is 1. The lowest BCUT2D eigenvalue weighted by molar-refractivity contribution is 0.100. The summed E-state index contributed by atoms with van der Waals surface area (Å²) in [5.41, 5.74) is 16.2. The Morgan fingerprint density at radius 2 is 1.73 bits per heavy atom. The lowest BCUT2D eigenvalue weighted by Gasteiger charge is -2.11. The lowest BCUT2D eigenvalue weighted by Crippen LogP contribution is -2.12. The predicted molar refractivity (Wildman–Crippen MR) is 129 cm³/mol. The lowest BCUT2D eigenvalue weighted by atomic mass is 10.1. The van der Waals surface area contributed by atoms with Crippen molar-refractivity contribution >= 4 is 28.1 Å². The van der Waals surface area contributed by atoms with Gasteiger partial charge in [0.1, 0.15) is 5.52 Å². The van der Waals surface area contributed by atoms with Crippen molar-refractivity contribution in [3.05, 3.63) is 89.2 Å². The topological polar surface area (TPSA) is 124 Å². The summed E-state index contributed by atoms with van der Waals surface area (Å²) in [6, 6.07) is 21.0. The molecule has 0 aliphatic rings. The maximum Gasteiger partial charge on any atom is 0.254 e. The molecular weight excluding hydrogens is 416 g/mol. The Hall–Kier alpha value is -4.17. The van der Waals surface area contributed by atoms with Crippen LogP contribution in [0.25, 0.3) is 22.4 Å². The number of amides is 1. The zero-order chi connectivity index (χ0) is 23.7. The molecule has 0 aliphatic heterocycles. The second-order valence-electron chi connectivity index (χ2n) is 7.91. The van der Waals surface area contributed by atoms with E-state index in [9.17, 15) is 9.90 Å². The number of aliphatic hydroxyl groups excluding tert-OH is 1. The Morgan fingerprint density at radius 3 is 2.33 bits per heavy atom. The van der Waals surface area contributed by atoms with Gasteiger partial charge in [0.05, 0.1) is 17.3 Å². The molecule has 0 bridgehead atoms. The van der Waals surface area contributed by atoms with Gasteiger partial charge in [-0.15, -0.1) is 5.10 Å². The molecule has 168 valence electrons. The van der Waals surface area contributed by atoms with Crippen LogP contribution in [0.15, 0.2) is 66.7 Å². The van der Waals surface area contributed by atoms with Crippen LogP contribution in [0.3, 0.4) is 0 Å². The van der Waals surface area contributed by atoms with Gasteiger partial charge in [0.2, 0.25) is 5.91 Å². The van der Waals surface area contributed by atoms with E-state index in [2.05, 4.69) is 29.1 Å². The van der Waals surface area contributed by atoms with Crippen molar-refractivity contribution in [2.24, 2.45) is 5.73 Å². The van der Waals surface area contributed by atoms with Crippen molar-refractivity contribution in [2.45, 2.75) is 26.9 Å². The normalized spacial score (nSPS) is 11.9. The largest absolute Gasteiger partial charge is 0.387 e. The molecule has 0 radical (unpaired) electrons. The number of carbonyl (C=O) groups is 1. The zero-order valence-corrected chi connectivity index (χ0v) is 18.7. The van der Waals surface area contributed by atoms with Crippen LogP contribution in [0.5, 0.6) is 0 Å². The maximum absolute atomic E-state index is 11.7. The molecule has 0 fully saturated rings. The van der Waals surface area contributed by atoms with Crippen LogP contribution in [-0.2, 0) is 0 Å². The Morgan fingerprint density at radius 1 is 1.00 bits per heavy atom. The number of hydrogen-bond acceptors (Lipinski definition) is 5. The summed E-state index contributed by atoms with van der Waals surface area (Å²) in [4.78, 5) is 16.1. The maximum atomic E-state index is 11.7. The third kappa shape index (κ3) is 4.16. The van der Waals surface area contributed by atoms with Gasteiger partial charge in [-0.1, -0.05) is 42.0 Å². The highest BCUT2D eigenvalue weighted by Gasteiger charge is 2.18. The number of primary amides is 1. The van der Waals surface area contributed by atoms with E-state index in [-0.39, 0.29) is 0 Å².